The van der Waals surface area contributed by atoms with E-state index in [0.717, 1.165) is 19.6 Å². The summed E-state index contributed by atoms with van der Waals surface area (Å²) in [7, 11) is 0. The third-order valence-corrected chi connectivity index (χ3v) is 5.50. The summed E-state index contributed by atoms with van der Waals surface area (Å²) in [5, 5.41) is 3.84. The molecule has 1 fully saturated rings. The van der Waals surface area contributed by atoms with E-state index in [0.29, 0.717) is 23.5 Å². The second-order valence-corrected chi connectivity index (χ2v) is 7.34. The van der Waals surface area contributed by atoms with E-state index in [2.05, 4.69) is 50.4 Å². The normalized spacial score (nSPS) is 31.1. The van der Waals surface area contributed by atoms with Gasteiger partial charge in [0, 0.05) is 19.2 Å². The largest absolute Gasteiger partial charge is 0.378 e. The van der Waals surface area contributed by atoms with Crippen molar-refractivity contribution < 1.29 is 4.74 Å². The Kier molecular flexibility index (Phi) is 4.37. The molecule has 0 bridgehead atoms. The van der Waals surface area contributed by atoms with Gasteiger partial charge in [-0.1, -0.05) is 45.0 Å². The summed E-state index contributed by atoms with van der Waals surface area (Å²) in [5.74, 6) is 0.692. The lowest BCUT2D eigenvalue weighted by molar-refractivity contribution is 0.0863. The summed E-state index contributed by atoms with van der Waals surface area (Å²) in [6.45, 7) is 9.03. The Hall–Kier alpha value is -0.860. The number of rotatable bonds is 4. The van der Waals surface area contributed by atoms with Crippen LogP contribution < -0.4 is 5.32 Å². The minimum absolute atomic E-state index is 0.317. The van der Waals surface area contributed by atoms with Gasteiger partial charge in [0.1, 0.15) is 0 Å². The molecular formula is C19H29NO. The van der Waals surface area contributed by atoms with E-state index in [4.69, 9.17) is 4.74 Å². The third kappa shape index (κ3) is 3.02. The monoisotopic (exact) mass is 287 g/mol. The van der Waals surface area contributed by atoms with E-state index in [9.17, 15) is 0 Å². The van der Waals surface area contributed by atoms with Crippen LogP contribution in [0.4, 0.5) is 0 Å². The first-order chi connectivity index (χ1) is 10.1. The number of nitrogens with one attached hydrogen (secondary N) is 1. The van der Waals surface area contributed by atoms with Crippen LogP contribution in [-0.2, 0) is 10.2 Å². The van der Waals surface area contributed by atoms with Crippen molar-refractivity contribution in [1.29, 1.82) is 0 Å². The summed E-state index contributed by atoms with van der Waals surface area (Å²) in [6, 6.07) is 9.52. The molecule has 1 aliphatic carbocycles. The molecule has 1 N–H and O–H groups in total. The Morgan fingerprint density at radius 2 is 2.05 bits per heavy atom. The molecule has 1 aromatic carbocycles. The summed E-state index contributed by atoms with van der Waals surface area (Å²) < 4.78 is 5.82. The van der Waals surface area contributed by atoms with Crippen LogP contribution in [0.2, 0.25) is 0 Å². The van der Waals surface area contributed by atoms with Crippen molar-refractivity contribution in [2.24, 2.45) is 5.92 Å². The molecule has 0 amide bonds. The molecule has 3 atom stereocenters. The zero-order valence-corrected chi connectivity index (χ0v) is 13.7. The molecule has 0 spiro atoms. The Morgan fingerprint density at radius 1 is 1.24 bits per heavy atom. The minimum Gasteiger partial charge on any atom is -0.378 e. The van der Waals surface area contributed by atoms with Crippen LogP contribution in [0.5, 0.6) is 0 Å². The summed E-state index contributed by atoms with van der Waals surface area (Å²) in [6.07, 6.45) is 5.33. The molecule has 1 aromatic rings. The molecule has 0 saturated carbocycles. The first-order valence-electron chi connectivity index (χ1n) is 8.56. The highest BCUT2D eigenvalue weighted by atomic mass is 16.5. The second-order valence-electron chi connectivity index (χ2n) is 7.34. The van der Waals surface area contributed by atoms with Crippen LogP contribution in [0.15, 0.2) is 24.3 Å². The van der Waals surface area contributed by atoms with Crippen LogP contribution in [0.1, 0.15) is 63.6 Å². The van der Waals surface area contributed by atoms with Crippen molar-refractivity contribution in [3.8, 4) is 0 Å². The first-order valence-corrected chi connectivity index (χ1v) is 8.56. The fourth-order valence-electron chi connectivity index (χ4n) is 4.10. The molecule has 3 rings (SSSR count). The van der Waals surface area contributed by atoms with Gasteiger partial charge in [-0.25, -0.2) is 0 Å². The molecule has 2 heteroatoms. The maximum absolute atomic E-state index is 5.82. The highest BCUT2D eigenvalue weighted by Gasteiger charge is 2.33. The van der Waals surface area contributed by atoms with Crippen molar-refractivity contribution in [2.75, 3.05) is 13.2 Å². The van der Waals surface area contributed by atoms with Gasteiger partial charge in [0.25, 0.3) is 0 Å². The van der Waals surface area contributed by atoms with Crippen molar-refractivity contribution in [1.82, 2.24) is 5.32 Å². The molecule has 116 valence electrons. The number of fused-ring (bicyclic) bond motifs is 1. The Labute approximate surface area is 129 Å². The first kappa shape index (κ1) is 15.1. The zero-order valence-electron chi connectivity index (χ0n) is 13.7. The van der Waals surface area contributed by atoms with Gasteiger partial charge in [-0.15, -0.1) is 0 Å². The van der Waals surface area contributed by atoms with Gasteiger partial charge in [0.15, 0.2) is 0 Å². The number of hydrogen-bond donors (Lipinski definition) is 1. The predicted molar refractivity (Wildman–Crippen MR) is 87.6 cm³/mol. The van der Waals surface area contributed by atoms with E-state index in [1.54, 1.807) is 0 Å². The van der Waals surface area contributed by atoms with Gasteiger partial charge in [0.2, 0.25) is 0 Å². The van der Waals surface area contributed by atoms with Crippen LogP contribution in [0, 0.1) is 5.92 Å². The Morgan fingerprint density at radius 3 is 2.86 bits per heavy atom. The van der Waals surface area contributed by atoms with Gasteiger partial charge >= 0.3 is 0 Å². The van der Waals surface area contributed by atoms with Gasteiger partial charge in [-0.3, -0.25) is 0 Å². The lowest BCUT2D eigenvalue weighted by Gasteiger charge is -2.38. The van der Waals surface area contributed by atoms with Crippen LogP contribution in [0.3, 0.4) is 0 Å². The Balaban J connectivity index is 1.69. The smallest absolute Gasteiger partial charge is 0.0613 e. The molecule has 3 unspecified atom stereocenters. The number of ether oxygens (including phenoxy) is 1. The maximum atomic E-state index is 5.82. The molecule has 2 aliphatic rings. The Bertz CT molecular complexity index is 482. The van der Waals surface area contributed by atoms with E-state index < -0.39 is 0 Å². The van der Waals surface area contributed by atoms with Crippen LogP contribution >= 0.6 is 0 Å². The van der Waals surface area contributed by atoms with Crippen LogP contribution in [0.25, 0.3) is 0 Å². The molecule has 0 aromatic heterocycles. The molecule has 1 heterocycles. The van der Waals surface area contributed by atoms with Crippen molar-refractivity contribution in [3.05, 3.63) is 35.4 Å². The van der Waals surface area contributed by atoms with Gasteiger partial charge in [0.05, 0.1) is 6.10 Å². The number of benzene rings is 1. The van der Waals surface area contributed by atoms with Crippen molar-refractivity contribution in [3.63, 3.8) is 0 Å². The average Bonchev–Trinajstić information content (AvgIpc) is 2.94. The quantitative estimate of drug-likeness (QED) is 0.896. The van der Waals surface area contributed by atoms with Crippen molar-refractivity contribution >= 4 is 0 Å². The van der Waals surface area contributed by atoms with E-state index >= 15 is 0 Å². The highest BCUT2D eigenvalue weighted by Crippen LogP contribution is 2.41. The standard InChI is InChI=1S/C19H29NO/c1-4-18-14(10-12-21-18)13-20-17-9-11-19(2,3)16-8-6-5-7-15(16)17/h5-8,14,17-18,20H,4,9-13H2,1-3H3. The maximum Gasteiger partial charge on any atom is 0.0613 e. The molecule has 21 heavy (non-hydrogen) atoms. The van der Waals surface area contributed by atoms with E-state index in [1.165, 1.54) is 30.4 Å². The second kappa shape index (κ2) is 6.10. The van der Waals surface area contributed by atoms with Gasteiger partial charge in [-0.2, -0.15) is 0 Å². The van der Waals surface area contributed by atoms with Crippen LogP contribution in [-0.4, -0.2) is 19.3 Å². The third-order valence-electron chi connectivity index (χ3n) is 5.50. The summed E-state index contributed by atoms with van der Waals surface area (Å²) in [4.78, 5) is 0. The predicted octanol–water partition coefficient (Wildman–Crippen LogP) is 4.20. The minimum atomic E-state index is 0.317. The van der Waals surface area contributed by atoms with Gasteiger partial charge in [-0.05, 0) is 48.1 Å². The summed E-state index contributed by atoms with van der Waals surface area (Å²) in [5.41, 5.74) is 3.36. The lowest BCUT2D eigenvalue weighted by atomic mass is 9.71. The highest BCUT2D eigenvalue weighted by molar-refractivity contribution is 5.38. The van der Waals surface area contributed by atoms with Gasteiger partial charge < -0.3 is 10.1 Å². The fourth-order valence-corrected chi connectivity index (χ4v) is 4.10. The molecule has 2 nitrogen and oxygen atoms in total. The fraction of sp³-hybridized carbons (Fsp3) is 0.684. The lowest BCUT2D eigenvalue weighted by Crippen LogP contribution is -2.36. The van der Waals surface area contributed by atoms with E-state index in [-0.39, 0.29) is 0 Å². The summed E-state index contributed by atoms with van der Waals surface area (Å²) >= 11 is 0. The molecular weight excluding hydrogens is 258 g/mol. The van der Waals surface area contributed by atoms with Crippen molar-refractivity contribution in [2.45, 2.75) is 64.0 Å². The average molecular weight is 287 g/mol. The molecule has 1 saturated heterocycles. The number of hydrogen-bond acceptors (Lipinski definition) is 2. The topological polar surface area (TPSA) is 21.3 Å². The molecule has 1 aliphatic heterocycles. The SMILES string of the molecule is CCC1OCCC1CNC1CCC(C)(C)c2ccccc21. The molecule has 0 radical (unpaired) electrons. The zero-order chi connectivity index (χ0) is 14.9. The van der Waals surface area contributed by atoms with E-state index in [1.807, 2.05) is 0 Å².